The smallest absolute Gasteiger partial charge is 0.252 e. The molecule has 0 radical (unpaired) electrons. The summed E-state index contributed by atoms with van der Waals surface area (Å²) in [4.78, 5) is 21.2. The van der Waals surface area contributed by atoms with E-state index in [0.717, 1.165) is 23.3 Å². The van der Waals surface area contributed by atoms with Crippen LogP contribution in [-0.4, -0.2) is 46.9 Å². The third kappa shape index (κ3) is 5.22. The van der Waals surface area contributed by atoms with Crippen molar-refractivity contribution in [3.8, 4) is 22.4 Å². The summed E-state index contributed by atoms with van der Waals surface area (Å²) in [7, 11) is 0. The second-order valence-corrected chi connectivity index (χ2v) is 9.65. The van der Waals surface area contributed by atoms with Crippen molar-refractivity contribution in [2.75, 3.05) is 6.54 Å². The van der Waals surface area contributed by atoms with E-state index in [9.17, 15) is 23.1 Å². The van der Waals surface area contributed by atoms with Gasteiger partial charge in [0.25, 0.3) is 5.91 Å². The van der Waals surface area contributed by atoms with Gasteiger partial charge in [0.2, 0.25) is 0 Å². The maximum Gasteiger partial charge on any atom is 0.252 e. The summed E-state index contributed by atoms with van der Waals surface area (Å²) < 4.78 is 44.8. The highest BCUT2D eigenvalue weighted by atomic mass is 19.1. The molecule has 2 N–H and O–H groups in total. The molecule has 12 heteroatoms. The van der Waals surface area contributed by atoms with Crippen molar-refractivity contribution in [3.05, 3.63) is 127 Å². The lowest BCUT2D eigenvalue weighted by Gasteiger charge is -2.29. The SMILES string of the molecule is O=C(NC[C@@](O)(Cn1cncn1)c1ccc(F)cc1F)c1ccc2c(-c3ccncc3)c(-c3ccc(F)cc3)nn2c1. The summed E-state index contributed by atoms with van der Waals surface area (Å²) in [5.41, 5.74) is 1.55. The summed E-state index contributed by atoms with van der Waals surface area (Å²) in [6, 6.07) is 15.7. The van der Waals surface area contributed by atoms with E-state index < -0.39 is 29.7 Å². The number of aliphatic hydroxyl groups is 1. The highest BCUT2D eigenvalue weighted by Crippen LogP contribution is 2.35. The van der Waals surface area contributed by atoms with Gasteiger partial charge in [0.1, 0.15) is 41.4 Å². The fraction of sp³-hybridized carbons (Fsp3) is 0.100. The van der Waals surface area contributed by atoms with Gasteiger partial charge in [-0.15, -0.1) is 0 Å². The molecule has 9 nitrogen and oxygen atoms in total. The van der Waals surface area contributed by atoms with Gasteiger partial charge in [-0.25, -0.2) is 27.4 Å². The van der Waals surface area contributed by atoms with Crippen LogP contribution >= 0.6 is 0 Å². The van der Waals surface area contributed by atoms with Crippen LogP contribution in [0.3, 0.4) is 0 Å². The number of amides is 1. The zero-order valence-electron chi connectivity index (χ0n) is 21.8. The molecule has 0 aliphatic heterocycles. The number of halogens is 3. The molecule has 6 aromatic rings. The van der Waals surface area contributed by atoms with Crippen LogP contribution in [0.1, 0.15) is 15.9 Å². The van der Waals surface area contributed by atoms with Crippen LogP contribution in [0, 0.1) is 17.5 Å². The Kier molecular flexibility index (Phi) is 6.97. The Morgan fingerprint density at radius 1 is 0.905 bits per heavy atom. The molecular weight excluding hydrogens is 547 g/mol. The first-order valence-corrected chi connectivity index (χ1v) is 12.8. The maximum absolute atomic E-state index is 14.7. The minimum absolute atomic E-state index is 0.208. The number of pyridine rings is 2. The van der Waals surface area contributed by atoms with E-state index in [4.69, 9.17) is 5.10 Å². The fourth-order valence-electron chi connectivity index (χ4n) is 4.81. The fourth-order valence-corrected chi connectivity index (χ4v) is 4.81. The number of carbonyl (C=O) groups is 1. The molecule has 0 saturated heterocycles. The summed E-state index contributed by atoms with van der Waals surface area (Å²) in [6.45, 7) is -0.682. The molecule has 0 spiro atoms. The summed E-state index contributed by atoms with van der Waals surface area (Å²) >= 11 is 0. The van der Waals surface area contributed by atoms with Crippen LogP contribution in [0.25, 0.3) is 27.9 Å². The van der Waals surface area contributed by atoms with Crippen molar-refractivity contribution >= 4 is 11.4 Å². The van der Waals surface area contributed by atoms with E-state index in [2.05, 4.69) is 20.4 Å². The highest BCUT2D eigenvalue weighted by Gasteiger charge is 2.34. The number of aromatic nitrogens is 6. The molecule has 1 amide bonds. The van der Waals surface area contributed by atoms with E-state index in [1.54, 1.807) is 41.2 Å². The lowest BCUT2D eigenvalue weighted by molar-refractivity contribution is 0.0120. The Hall–Kier alpha value is -5.36. The third-order valence-electron chi connectivity index (χ3n) is 6.84. The normalized spacial score (nSPS) is 12.8. The van der Waals surface area contributed by atoms with Crippen LogP contribution in [0.5, 0.6) is 0 Å². The van der Waals surface area contributed by atoms with Crippen LogP contribution < -0.4 is 5.32 Å². The van der Waals surface area contributed by atoms with Gasteiger partial charge >= 0.3 is 0 Å². The quantitative estimate of drug-likeness (QED) is 0.281. The highest BCUT2D eigenvalue weighted by molar-refractivity contribution is 5.96. The first-order valence-electron chi connectivity index (χ1n) is 12.8. The second-order valence-electron chi connectivity index (χ2n) is 9.65. The van der Waals surface area contributed by atoms with Crippen molar-refractivity contribution in [1.29, 1.82) is 0 Å². The van der Waals surface area contributed by atoms with E-state index in [1.165, 1.54) is 35.7 Å². The van der Waals surface area contributed by atoms with Crippen molar-refractivity contribution in [1.82, 2.24) is 34.7 Å². The van der Waals surface area contributed by atoms with Crippen molar-refractivity contribution in [3.63, 3.8) is 0 Å². The van der Waals surface area contributed by atoms with Crippen LogP contribution in [-0.2, 0) is 12.1 Å². The Bertz CT molecular complexity index is 1880. The number of rotatable bonds is 8. The molecule has 42 heavy (non-hydrogen) atoms. The van der Waals surface area contributed by atoms with E-state index in [-0.39, 0.29) is 23.5 Å². The zero-order valence-corrected chi connectivity index (χ0v) is 21.8. The summed E-state index contributed by atoms with van der Waals surface area (Å²) in [6.07, 6.45) is 7.41. The van der Waals surface area contributed by atoms with Gasteiger partial charge in [0, 0.05) is 41.3 Å². The molecule has 0 saturated carbocycles. The molecule has 0 aliphatic rings. The van der Waals surface area contributed by atoms with Crippen molar-refractivity contribution in [2.45, 2.75) is 12.1 Å². The van der Waals surface area contributed by atoms with Crippen LogP contribution in [0.4, 0.5) is 13.2 Å². The number of hydrogen-bond donors (Lipinski definition) is 2. The number of nitrogens with one attached hydrogen (secondary N) is 1. The number of hydrogen-bond acceptors (Lipinski definition) is 6. The molecule has 6 rings (SSSR count). The first kappa shape index (κ1) is 26.8. The van der Waals surface area contributed by atoms with Gasteiger partial charge in [0.15, 0.2) is 0 Å². The topological polar surface area (TPSA) is 110 Å². The van der Waals surface area contributed by atoms with Gasteiger partial charge in [-0.3, -0.25) is 9.78 Å². The number of benzene rings is 2. The molecule has 0 aliphatic carbocycles. The van der Waals surface area contributed by atoms with E-state index >= 15 is 0 Å². The lowest BCUT2D eigenvalue weighted by Crippen LogP contribution is -2.44. The number of fused-ring (bicyclic) bond motifs is 1. The predicted molar refractivity (Wildman–Crippen MR) is 146 cm³/mol. The maximum atomic E-state index is 14.7. The molecule has 4 heterocycles. The van der Waals surface area contributed by atoms with Gasteiger partial charge in [-0.05, 0) is 60.2 Å². The molecule has 210 valence electrons. The van der Waals surface area contributed by atoms with Gasteiger partial charge < -0.3 is 10.4 Å². The number of carbonyl (C=O) groups excluding carboxylic acids is 1. The van der Waals surface area contributed by atoms with Crippen molar-refractivity contribution in [2.24, 2.45) is 0 Å². The number of nitrogens with zero attached hydrogens (tertiary/aromatic N) is 6. The van der Waals surface area contributed by atoms with Crippen molar-refractivity contribution < 1.29 is 23.1 Å². The Morgan fingerprint density at radius 2 is 1.67 bits per heavy atom. The predicted octanol–water partition coefficient (Wildman–Crippen LogP) is 4.39. The van der Waals surface area contributed by atoms with Gasteiger partial charge in [0.05, 0.1) is 24.2 Å². The second kappa shape index (κ2) is 10.9. The Morgan fingerprint density at radius 3 is 2.38 bits per heavy atom. The molecule has 0 unspecified atom stereocenters. The molecular formula is C30H22F3N7O2. The standard InChI is InChI=1S/C30H22F3N7O2/c31-22-4-1-20(2-5-22)28-27(19-9-11-34-12-10-19)26-8-3-21(14-40(26)38-28)29(41)36-15-30(42,16-39-18-35-17-37-39)24-7-6-23(32)13-25(24)33/h1-14,17-18,42H,15-16H2,(H,36,41)/t30-/m1/s1. The third-order valence-corrected chi connectivity index (χ3v) is 6.84. The van der Waals surface area contributed by atoms with E-state index in [1.807, 2.05) is 12.1 Å². The first-order chi connectivity index (χ1) is 20.3. The largest absolute Gasteiger partial charge is 0.381 e. The lowest BCUT2D eigenvalue weighted by atomic mass is 9.92. The van der Waals surface area contributed by atoms with Gasteiger partial charge in [-0.2, -0.15) is 10.2 Å². The Balaban J connectivity index is 1.33. The summed E-state index contributed by atoms with van der Waals surface area (Å²) in [5, 5.41) is 22.8. The van der Waals surface area contributed by atoms with Crippen LogP contribution in [0.2, 0.25) is 0 Å². The Labute approximate surface area is 236 Å². The van der Waals surface area contributed by atoms with E-state index in [0.29, 0.717) is 22.8 Å². The molecule has 0 fully saturated rings. The van der Waals surface area contributed by atoms with Gasteiger partial charge in [-0.1, -0.05) is 6.07 Å². The van der Waals surface area contributed by atoms with Crippen LogP contribution in [0.15, 0.2) is 98.0 Å². The molecule has 2 aromatic carbocycles. The average Bonchev–Trinajstić information content (AvgIpc) is 3.64. The summed E-state index contributed by atoms with van der Waals surface area (Å²) in [5.74, 6) is -2.72. The molecule has 4 aromatic heterocycles. The molecule has 0 bridgehead atoms. The zero-order chi connectivity index (χ0) is 29.3. The monoisotopic (exact) mass is 569 g/mol. The molecule has 1 atom stereocenters. The minimum atomic E-state index is -1.98. The minimum Gasteiger partial charge on any atom is -0.381 e. The average molecular weight is 570 g/mol.